The predicted octanol–water partition coefficient (Wildman–Crippen LogP) is 3.99. The van der Waals surface area contributed by atoms with Crippen LogP contribution in [0.15, 0.2) is 16.6 Å². The van der Waals surface area contributed by atoms with Crippen LogP contribution >= 0.6 is 15.9 Å². The molecule has 0 radical (unpaired) electrons. The topological polar surface area (TPSA) is 26.0 Å². The molecule has 0 aromatic heterocycles. The van der Waals surface area contributed by atoms with Crippen LogP contribution in [0.2, 0.25) is 0 Å². The Balaban J connectivity index is 3.48. The van der Waals surface area contributed by atoms with Crippen LogP contribution in [0, 0.1) is 0 Å². The Hall–Kier alpha value is -0.850. The molecule has 15 heavy (non-hydrogen) atoms. The average molecular weight is 290 g/mol. The van der Waals surface area contributed by atoms with Crippen molar-refractivity contribution in [3.05, 3.63) is 27.7 Å². The van der Waals surface area contributed by atoms with Crippen molar-refractivity contribution in [2.45, 2.75) is 12.6 Å². The fourth-order valence-corrected chi connectivity index (χ4v) is 1.64. The molecule has 0 heterocycles. The van der Waals surface area contributed by atoms with Crippen molar-refractivity contribution in [3.63, 3.8) is 0 Å². The van der Waals surface area contributed by atoms with Gasteiger partial charge in [0.05, 0.1) is 5.56 Å². The Labute approximate surface area is 90.2 Å². The van der Waals surface area contributed by atoms with E-state index in [1.165, 1.54) is 0 Å². The van der Waals surface area contributed by atoms with Crippen molar-refractivity contribution < 1.29 is 22.0 Å². The van der Waals surface area contributed by atoms with E-state index in [-0.39, 0.29) is 4.47 Å². The summed E-state index contributed by atoms with van der Waals surface area (Å²) < 4.78 is 61.9. The van der Waals surface area contributed by atoms with Gasteiger partial charge in [-0.1, -0.05) is 15.9 Å². The van der Waals surface area contributed by atoms with E-state index in [0.29, 0.717) is 6.07 Å². The molecule has 0 unspecified atom stereocenters. The van der Waals surface area contributed by atoms with Crippen LogP contribution in [0.5, 0.6) is 0 Å². The molecule has 0 spiro atoms. The summed E-state index contributed by atoms with van der Waals surface area (Å²) in [5.41, 5.74) is 1.76. The summed E-state index contributed by atoms with van der Waals surface area (Å²) in [6, 6.07) is 1.65. The Kier molecular flexibility index (Phi) is 3.22. The minimum atomic E-state index is -4.88. The third-order valence-corrected chi connectivity index (χ3v) is 2.14. The van der Waals surface area contributed by atoms with E-state index in [1.807, 2.05) is 0 Å². The highest BCUT2D eigenvalue weighted by atomic mass is 79.9. The van der Waals surface area contributed by atoms with Crippen molar-refractivity contribution in [2.75, 3.05) is 5.73 Å². The SMILES string of the molecule is Nc1cc(Br)cc(C(F)F)c1C(F)(F)F. The molecule has 1 aromatic carbocycles. The summed E-state index contributed by atoms with van der Waals surface area (Å²) in [6.45, 7) is 0. The maximum Gasteiger partial charge on any atom is 0.418 e. The number of hydrogen-bond acceptors (Lipinski definition) is 1. The number of halogens is 6. The number of hydrogen-bond donors (Lipinski definition) is 1. The normalized spacial score (nSPS) is 12.2. The molecule has 0 aliphatic rings. The first-order chi connectivity index (χ1) is 6.73. The molecular weight excluding hydrogens is 285 g/mol. The number of benzene rings is 1. The Morgan fingerprint density at radius 2 is 1.73 bits per heavy atom. The molecule has 2 N–H and O–H groups in total. The van der Waals surface area contributed by atoms with E-state index in [2.05, 4.69) is 15.9 Å². The van der Waals surface area contributed by atoms with E-state index in [9.17, 15) is 22.0 Å². The molecule has 0 aliphatic carbocycles. The molecule has 0 saturated carbocycles. The summed E-state index contributed by atoms with van der Waals surface area (Å²) in [5.74, 6) is 0. The highest BCUT2D eigenvalue weighted by molar-refractivity contribution is 9.10. The second-order valence-electron chi connectivity index (χ2n) is 2.76. The lowest BCUT2D eigenvalue weighted by molar-refractivity contribution is -0.138. The minimum Gasteiger partial charge on any atom is -0.398 e. The van der Waals surface area contributed by atoms with Crippen LogP contribution in [0.3, 0.4) is 0 Å². The lowest BCUT2D eigenvalue weighted by atomic mass is 10.1. The largest absolute Gasteiger partial charge is 0.418 e. The van der Waals surface area contributed by atoms with E-state index in [1.54, 1.807) is 0 Å². The van der Waals surface area contributed by atoms with Crippen LogP contribution in [0.25, 0.3) is 0 Å². The zero-order valence-electron chi connectivity index (χ0n) is 7.08. The van der Waals surface area contributed by atoms with Crippen LogP contribution in [0.4, 0.5) is 27.6 Å². The van der Waals surface area contributed by atoms with Gasteiger partial charge in [0.2, 0.25) is 0 Å². The van der Waals surface area contributed by atoms with Gasteiger partial charge in [0, 0.05) is 15.7 Å². The predicted molar refractivity (Wildman–Crippen MR) is 48.5 cm³/mol. The van der Waals surface area contributed by atoms with Gasteiger partial charge in [-0.3, -0.25) is 0 Å². The van der Waals surface area contributed by atoms with Crippen molar-refractivity contribution >= 4 is 21.6 Å². The highest BCUT2D eigenvalue weighted by Gasteiger charge is 2.38. The number of anilines is 1. The maximum atomic E-state index is 12.4. The van der Waals surface area contributed by atoms with Gasteiger partial charge in [0.15, 0.2) is 0 Å². The van der Waals surface area contributed by atoms with Gasteiger partial charge in [-0.05, 0) is 12.1 Å². The number of rotatable bonds is 1. The van der Waals surface area contributed by atoms with Crippen molar-refractivity contribution in [1.82, 2.24) is 0 Å². The standard InChI is InChI=1S/C8H5BrF5N/c9-3-1-4(7(10)11)6(5(15)2-3)8(12,13)14/h1-2,7H,15H2. The van der Waals surface area contributed by atoms with Gasteiger partial charge >= 0.3 is 6.18 Å². The molecule has 0 bridgehead atoms. The highest BCUT2D eigenvalue weighted by Crippen LogP contribution is 2.41. The first kappa shape index (κ1) is 12.2. The van der Waals surface area contributed by atoms with Gasteiger partial charge in [-0.25, -0.2) is 8.78 Å². The molecule has 7 heteroatoms. The third kappa shape index (κ3) is 2.58. The summed E-state index contributed by atoms with van der Waals surface area (Å²) in [4.78, 5) is 0. The van der Waals surface area contributed by atoms with E-state index in [4.69, 9.17) is 5.73 Å². The number of nitrogens with two attached hydrogens (primary N) is 1. The Morgan fingerprint density at radius 3 is 2.13 bits per heavy atom. The lowest BCUT2D eigenvalue weighted by Gasteiger charge is -2.15. The monoisotopic (exact) mass is 289 g/mol. The Morgan fingerprint density at radius 1 is 1.20 bits per heavy atom. The molecule has 84 valence electrons. The second-order valence-corrected chi connectivity index (χ2v) is 3.67. The van der Waals surface area contributed by atoms with Crippen LogP contribution in [0.1, 0.15) is 17.6 Å². The van der Waals surface area contributed by atoms with Crippen LogP contribution in [-0.2, 0) is 6.18 Å². The van der Waals surface area contributed by atoms with Crippen molar-refractivity contribution in [2.24, 2.45) is 0 Å². The van der Waals surface area contributed by atoms with Gasteiger partial charge in [0.1, 0.15) is 0 Å². The van der Waals surface area contributed by atoms with Gasteiger partial charge in [-0.15, -0.1) is 0 Å². The lowest BCUT2D eigenvalue weighted by Crippen LogP contribution is -2.13. The number of alkyl halides is 5. The van der Waals surface area contributed by atoms with Crippen molar-refractivity contribution in [3.8, 4) is 0 Å². The Bertz CT molecular complexity index is 374. The quantitative estimate of drug-likeness (QED) is 0.614. The molecular formula is C8H5BrF5N. The minimum absolute atomic E-state index is 0.0864. The van der Waals surface area contributed by atoms with Crippen LogP contribution < -0.4 is 5.73 Å². The summed E-state index contributed by atoms with van der Waals surface area (Å²) in [6.07, 6.45) is -8.10. The average Bonchev–Trinajstić information content (AvgIpc) is 1.99. The van der Waals surface area contributed by atoms with Crippen LogP contribution in [-0.4, -0.2) is 0 Å². The molecule has 0 aliphatic heterocycles. The smallest absolute Gasteiger partial charge is 0.398 e. The van der Waals surface area contributed by atoms with Gasteiger partial charge in [0.25, 0.3) is 6.43 Å². The van der Waals surface area contributed by atoms with E-state index in [0.717, 1.165) is 6.07 Å². The first-order valence-corrected chi connectivity index (χ1v) is 4.47. The molecule has 0 saturated heterocycles. The summed E-state index contributed by atoms with van der Waals surface area (Å²) in [5, 5.41) is 0. The van der Waals surface area contributed by atoms with Gasteiger partial charge in [-0.2, -0.15) is 13.2 Å². The fraction of sp³-hybridized carbons (Fsp3) is 0.250. The van der Waals surface area contributed by atoms with Gasteiger partial charge < -0.3 is 5.73 Å². The summed E-state index contributed by atoms with van der Waals surface area (Å²) >= 11 is 2.80. The summed E-state index contributed by atoms with van der Waals surface area (Å²) in [7, 11) is 0. The molecule has 0 amide bonds. The van der Waals surface area contributed by atoms with E-state index < -0.39 is 29.4 Å². The molecule has 1 rings (SSSR count). The zero-order valence-corrected chi connectivity index (χ0v) is 8.66. The first-order valence-electron chi connectivity index (χ1n) is 3.67. The molecule has 0 atom stereocenters. The second kappa shape index (κ2) is 3.96. The number of nitrogen functional groups attached to an aromatic ring is 1. The zero-order chi connectivity index (χ0) is 11.8. The van der Waals surface area contributed by atoms with E-state index >= 15 is 0 Å². The molecule has 0 fully saturated rings. The molecule has 1 aromatic rings. The fourth-order valence-electron chi connectivity index (χ4n) is 1.15. The maximum absolute atomic E-state index is 12.4. The molecule has 1 nitrogen and oxygen atoms in total. The third-order valence-electron chi connectivity index (χ3n) is 1.68. The van der Waals surface area contributed by atoms with Crippen molar-refractivity contribution in [1.29, 1.82) is 0 Å².